The first-order chi connectivity index (χ1) is 9.27. The SMILES string of the molecule is N#Cc1ccnc(N(CCO)C2CCCCC2)c1N. The smallest absolute Gasteiger partial charge is 0.153 e. The van der Waals surface area contributed by atoms with Crippen molar-refractivity contribution in [1.29, 1.82) is 5.26 Å². The van der Waals surface area contributed by atoms with E-state index in [1.165, 1.54) is 19.3 Å². The Kier molecular flexibility index (Phi) is 4.58. The van der Waals surface area contributed by atoms with Gasteiger partial charge in [0.05, 0.1) is 17.9 Å². The van der Waals surface area contributed by atoms with Gasteiger partial charge in [-0.1, -0.05) is 19.3 Å². The van der Waals surface area contributed by atoms with E-state index in [4.69, 9.17) is 11.0 Å². The number of nitrogen functional groups attached to an aromatic ring is 1. The summed E-state index contributed by atoms with van der Waals surface area (Å²) in [5.74, 6) is 0.639. The Hall–Kier alpha value is -1.80. The third-order valence-corrected chi connectivity index (χ3v) is 3.72. The van der Waals surface area contributed by atoms with Gasteiger partial charge in [-0.3, -0.25) is 0 Å². The molecule has 1 aliphatic rings. The zero-order valence-electron chi connectivity index (χ0n) is 11.0. The van der Waals surface area contributed by atoms with E-state index in [2.05, 4.69) is 16.0 Å². The summed E-state index contributed by atoms with van der Waals surface area (Å²) in [4.78, 5) is 6.38. The van der Waals surface area contributed by atoms with Crippen LogP contribution in [-0.4, -0.2) is 29.3 Å². The molecule has 0 bridgehead atoms. The van der Waals surface area contributed by atoms with E-state index in [9.17, 15) is 5.11 Å². The quantitative estimate of drug-likeness (QED) is 0.860. The van der Waals surface area contributed by atoms with E-state index < -0.39 is 0 Å². The standard InChI is InChI=1S/C14H20N4O/c15-10-11-6-7-17-14(13(11)16)18(8-9-19)12-4-2-1-3-5-12/h6-7,12,19H,1-5,8-9,16H2. The van der Waals surface area contributed by atoms with Gasteiger partial charge in [0, 0.05) is 18.8 Å². The molecule has 1 fully saturated rings. The number of aliphatic hydroxyl groups excluding tert-OH is 1. The fourth-order valence-electron chi connectivity index (χ4n) is 2.75. The topological polar surface area (TPSA) is 86.2 Å². The fourth-order valence-corrected chi connectivity index (χ4v) is 2.75. The summed E-state index contributed by atoms with van der Waals surface area (Å²) in [6.07, 6.45) is 7.47. The number of nitrogens with zero attached hydrogens (tertiary/aromatic N) is 3. The maximum atomic E-state index is 9.27. The summed E-state index contributed by atoms with van der Waals surface area (Å²) < 4.78 is 0. The lowest BCUT2D eigenvalue weighted by molar-refractivity contribution is 0.289. The predicted molar refractivity (Wildman–Crippen MR) is 74.7 cm³/mol. The highest BCUT2D eigenvalue weighted by atomic mass is 16.3. The number of hydrogen-bond donors (Lipinski definition) is 2. The monoisotopic (exact) mass is 260 g/mol. The van der Waals surface area contributed by atoms with Gasteiger partial charge in [-0.05, 0) is 18.9 Å². The highest BCUT2D eigenvalue weighted by molar-refractivity contribution is 5.70. The molecule has 19 heavy (non-hydrogen) atoms. The Morgan fingerprint density at radius 2 is 2.16 bits per heavy atom. The van der Waals surface area contributed by atoms with Gasteiger partial charge >= 0.3 is 0 Å². The first kappa shape index (κ1) is 13.6. The molecule has 0 spiro atoms. The predicted octanol–water partition coefficient (Wildman–Crippen LogP) is 1.67. The molecular weight excluding hydrogens is 240 g/mol. The highest BCUT2D eigenvalue weighted by Gasteiger charge is 2.24. The zero-order valence-corrected chi connectivity index (χ0v) is 11.0. The summed E-state index contributed by atoms with van der Waals surface area (Å²) in [5, 5.41) is 18.3. The second-order valence-corrected chi connectivity index (χ2v) is 4.92. The first-order valence-corrected chi connectivity index (χ1v) is 6.80. The Morgan fingerprint density at radius 1 is 1.42 bits per heavy atom. The van der Waals surface area contributed by atoms with Crippen LogP contribution in [0.2, 0.25) is 0 Å². The van der Waals surface area contributed by atoms with Crippen LogP contribution in [0.15, 0.2) is 12.3 Å². The molecule has 5 heteroatoms. The molecule has 0 saturated heterocycles. The lowest BCUT2D eigenvalue weighted by Crippen LogP contribution is -2.40. The molecule has 0 atom stereocenters. The van der Waals surface area contributed by atoms with Gasteiger partial charge in [0.25, 0.3) is 0 Å². The number of rotatable bonds is 4. The normalized spacial score (nSPS) is 16.0. The third-order valence-electron chi connectivity index (χ3n) is 3.72. The van der Waals surface area contributed by atoms with Gasteiger partial charge in [0.1, 0.15) is 6.07 Å². The molecule has 0 amide bonds. The van der Waals surface area contributed by atoms with Crippen LogP contribution in [0.25, 0.3) is 0 Å². The van der Waals surface area contributed by atoms with E-state index in [-0.39, 0.29) is 6.61 Å². The molecule has 1 heterocycles. The number of aromatic nitrogens is 1. The second kappa shape index (κ2) is 6.39. The molecular formula is C14H20N4O. The average Bonchev–Trinajstić information content (AvgIpc) is 2.46. The van der Waals surface area contributed by atoms with Crippen LogP contribution in [0.1, 0.15) is 37.7 Å². The van der Waals surface area contributed by atoms with Gasteiger partial charge in [0.15, 0.2) is 5.82 Å². The number of hydrogen-bond acceptors (Lipinski definition) is 5. The molecule has 3 N–H and O–H groups in total. The summed E-state index contributed by atoms with van der Waals surface area (Å²) >= 11 is 0. The molecule has 1 aliphatic carbocycles. The summed E-state index contributed by atoms with van der Waals surface area (Å²) in [5.41, 5.74) is 6.89. The lowest BCUT2D eigenvalue weighted by atomic mass is 9.94. The molecule has 1 saturated carbocycles. The summed E-state index contributed by atoms with van der Waals surface area (Å²) in [6.45, 7) is 0.575. The molecule has 0 aromatic carbocycles. The van der Waals surface area contributed by atoms with Crippen LogP contribution in [0, 0.1) is 11.3 Å². The van der Waals surface area contributed by atoms with Gasteiger partial charge < -0.3 is 15.7 Å². The van der Waals surface area contributed by atoms with E-state index in [0.29, 0.717) is 29.7 Å². The summed E-state index contributed by atoms with van der Waals surface area (Å²) in [6, 6.07) is 4.07. The van der Waals surface area contributed by atoms with E-state index >= 15 is 0 Å². The minimum absolute atomic E-state index is 0.0639. The second-order valence-electron chi connectivity index (χ2n) is 4.92. The molecule has 1 aromatic heterocycles. The molecule has 0 unspecified atom stereocenters. The molecule has 0 radical (unpaired) electrons. The van der Waals surface area contributed by atoms with Crippen molar-refractivity contribution in [1.82, 2.24) is 4.98 Å². The molecule has 0 aliphatic heterocycles. The Morgan fingerprint density at radius 3 is 2.79 bits per heavy atom. The highest BCUT2D eigenvalue weighted by Crippen LogP contribution is 2.30. The van der Waals surface area contributed by atoms with Gasteiger partial charge in [-0.25, -0.2) is 4.98 Å². The Bertz CT molecular complexity index is 463. The minimum Gasteiger partial charge on any atom is -0.395 e. The van der Waals surface area contributed by atoms with E-state index in [0.717, 1.165) is 12.8 Å². The maximum Gasteiger partial charge on any atom is 0.153 e. The van der Waals surface area contributed by atoms with Crippen molar-refractivity contribution in [2.24, 2.45) is 0 Å². The third kappa shape index (κ3) is 2.96. The van der Waals surface area contributed by atoms with Crippen molar-refractivity contribution in [3.63, 3.8) is 0 Å². The molecule has 5 nitrogen and oxygen atoms in total. The number of nitriles is 1. The molecule has 2 rings (SSSR count). The van der Waals surface area contributed by atoms with Crippen molar-refractivity contribution >= 4 is 11.5 Å². The van der Waals surface area contributed by atoms with Crippen molar-refractivity contribution in [2.75, 3.05) is 23.8 Å². The number of pyridine rings is 1. The molecule has 102 valence electrons. The van der Waals surface area contributed by atoms with Crippen molar-refractivity contribution in [3.8, 4) is 6.07 Å². The number of nitrogens with two attached hydrogens (primary N) is 1. The number of aliphatic hydroxyl groups is 1. The zero-order chi connectivity index (χ0) is 13.7. The van der Waals surface area contributed by atoms with Crippen molar-refractivity contribution < 1.29 is 5.11 Å². The van der Waals surface area contributed by atoms with Crippen molar-refractivity contribution in [2.45, 2.75) is 38.1 Å². The van der Waals surface area contributed by atoms with E-state index in [1.807, 2.05) is 0 Å². The Labute approximate surface area is 113 Å². The lowest BCUT2D eigenvalue weighted by Gasteiger charge is -2.35. The number of anilines is 2. The Balaban J connectivity index is 2.30. The van der Waals surface area contributed by atoms with Crippen molar-refractivity contribution in [3.05, 3.63) is 17.8 Å². The van der Waals surface area contributed by atoms with E-state index in [1.54, 1.807) is 12.3 Å². The fraction of sp³-hybridized carbons (Fsp3) is 0.571. The van der Waals surface area contributed by atoms with Crippen LogP contribution >= 0.6 is 0 Å². The summed E-state index contributed by atoms with van der Waals surface area (Å²) in [7, 11) is 0. The van der Waals surface area contributed by atoms with Gasteiger partial charge in [-0.2, -0.15) is 5.26 Å². The largest absolute Gasteiger partial charge is 0.395 e. The molecule has 1 aromatic rings. The maximum absolute atomic E-state index is 9.27. The van der Waals surface area contributed by atoms with Gasteiger partial charge in [-0.15, -0.1) is 0 Å². The van der Waals surface area contributed by atoms with Gasteiger partial charge in [0.2, 0.25) is 0 Å². The van der Waals surface area contributed by atoms with Crippen LogP contribution in [0.4, 0.5) is 11.5 Å². The average molecular weight is 260 g/mol. The minimum atomic E-state index is 0.0639. The van der Waals surface area contributed by atoms with Crippen LogP contribution in [0.3, 0.4) is 0 Å². The van der Waals surface area contributed by atoms with Crippen LogP contribution in [-0.2, 0) is 0 Å². The first-order valence-electron chi connectivity index (χ1n) is 6.80. The van der Waals surface area contributed by atoms with Crippen LogP contribution < -0.4 is 10.6 Å². The van der Waals surface area contributed by atoms with Crippen LogP contribution in [0.5, 0.6) is 0 Å².